The fourth-order valence-corrected chi connectivity index (χ4v) is 1.31. The standard InChI is InChI=1S/C11H15F3N4O/c1-3-15-10(19)8-4-5-9(17-16-8)18(2)7-6-11(12,13)14/h4-5H,3,6-7H2,1-2H3,(H,15,19). The zero-order valence-electron chi connectivity index (χ0n) is 10.7. The Kier molecular flexibility index (Phi) is 5.08. The molecule has 0 aliphatic carbocycles. The minimum Gasteiger partial charge on any atom is -0.358 e. The van der Waals surface area contributed by atoms with Crippen LogP contribution in [0.3, 0.4) is 0 Å². The molecule has 5 nitrogen and oxygen atoms in total. The second-order valence-electron chi connectivity index (χ2n) is 3.92. The second kappa shape index (κ2) is 6.35. The lowest BCUT2D eigenvalue weighted by Gasteiger charge is -2.18. The highest BCUT2D eigenvalue weighted by molar-refractivity contribution is 5.92. The number of amides is 1. The lowest BCUT2D eigenvalue weighted by atomic mass is 10.3. The summed E-state index contributed by atoms with van der Waals surface area (Å²) in [5.74, 6) is -0.0724. The largest absolute Gasteiger partial charge is 0.390 e. The normalized spacial score (nSPS) is 11.2. The van der Waals surface area contributed by atoms with Gasteiger partial charge in [0.15, 0.2) is 11.5 Å². The average Bonchev–Trinajstić information content (AvgIpc) is 2.35. The van der Waals surface area contributed by atoms with Gasteiger partial charge in [0.25, 0.3) is 5.91 Å². The molecule has 1 amide bonds. The van der Waals surface area contributed by atoms with Crippen LogP contribution in [0.4, 0.5) is 19.0 Å². The van der Waals surface area contributed by atoms with Gasteiger partial charge in [0, 0.05) is 20.1 Å². The van der Waals surface area contributed by atoms with Crippen molar-refractivity contribution in [2.75, 3.05) is 25.0 Å². The maximum atomic E-state index is 12.1. The number of nitrogens with zero attached hydrogens (tertiary/aromatic N) is 3. The van der Waals surface area contributed by atoms with E-state index in [1.807, 2.05) is 0 Å². The van der Waals surface area contributed by atoms with Crippen molar-refractivity contribution >= 4 is 11.7 Å². The molecule has 0 fully saturated rings. The Labute approximate surface area is 108 Å². The van der Waals surface area contributed by atoms with Crippen molar-refractivity contribution in [3.8, 4) is 0 Å². The lowest BCUT2D eigenvalue weighted by molar-refractivity contribution is -0.132. The van der Waals surface area contributed by atoms with Crippen LogP contribution in [-0.4, -0.2) is 42.4 Å². The molecule has 0 saturated heterocycles. The monoisotopic (exact) mass is 276 g/mol. The van der Waals surface area contributed by atoms with E-state index in [1.165, 1.54) is 24.1 Å². The molecule has 1 heterocycles. The van der Waals surface area contributed by atoms with Crippen molar-refractivity contribution < 1.29 is 18.0 Å². The van der Waals surface area contributed by atoms with Crippen LogP contribution in [0.15, 0.2) is 12.1 Å². The van der Waals surface area contributed by atoms with Crippen LogP contribution < -0.4 is 10.2 Å². The topological polar surface area (TPSA) is 58.1 Å². The molecule has 0 radical (unpaired) electrons. The molecule has 0 atom stereocenters. The van der Waals surface area contributed by atoms with E-state index in [1.54, 1.807) is 6.92 Å². The van der Waals surface area contributed by atoms with Crippen molar-refractivity contribution in [1.29, 1.82) is 0 Å². The molecular formula is C11H15F3N4O. The van der Waals surface area contributed by atoms with Gasteiger partial charge >= 0.3 is 6.18 Å². The number of alkyl halides is 3. The van der Waals surface area contributed by atoms with Crippen LogP contribution in [0.2, 0.25) is 0 Å². The smallest absolute Gasteiger partial charge is 0.358 e. The Balaban J connectivity index is 2.63. The molecule has 0 unspecified atom stereocenters. The number of nitrogens with one attached hydrogen (secondary N) is 1. The highest BCUT2D eigenvalue weighted by atomic mass is 19.4. The van der Waals surface area contributed by atoms with Crippen LogP contribution in [0.1, 0.15) is 23.8 Å². The molecule has 19 heavy (non-hydrogen) atoms. The molecule has 0 aliphatic rings. The summed E-state index contributed by atoms with van der Waals surface area (Å²) in [6.45, 7) is 2.02. The third kappa shape index (κ3) is 5.11. The molecule has 1 aromatic rings. The van der Waals surface area contributed by atoms with Crippen molar-refractivity contribution in [1.82, 2.24) is 15.5 Å². The highest BCUT2D eigenvalue weighted by Crippen LogP contribution is 2.20. The summed E-state index contributed by atoms with van der Waals surface area (Å²) < 4.78 is 36.2. The Hall–Kier alpha value is -1.86. The molecule has 0 saturated carbocycles. The SMILES string of the molecule is CCNC(=O)c1ccc(N(C)CCC(F)(F)F)nn1. The molecule has 0 bridgehead atoms. The summed E-state index contributed by atoms with van der Waals surface area (Å²) in [6.07, 6.45) is -5.13. The first kappa shape index (κ1) is 15.2. The molecule has 0 aliphatic heterocycles. The second-order valence-corrected chi connectivity index (χ2v) is 3.92. The lowest BCUT2D eigenvalue weighted by Crippen LogP contribution is -2.26. The number of hydrogen-bond acceptors (Lipinski definition) is 4. The Morgan fingerprint density at radius 2 is 2.05 bits per heavy atom. The van der Waals surface area contributed by atoms with Gasteiger partial charge in [-0.3, -0.25) is 4.79 Å². The van der Waals surface area contributed by atoms with Gasteiger partial charge in [-0.15, -0.1) is 10.2 Å². The molecule has 0 aromatic carbocycles. The first-order valence-corrected chi connectivity index (χ1v) is 5.73. The summed E-state index contributed by atoms with van der Waals surface area (Å²) in [4.78, 5) is 12.7. The van der Waals surface area contributed by atoms with Crippen molar-refractivity contribution in [3.05, 3.63) is 17.8 Å². The summed E-state index contributed by atoms with van der Waals surface area (Å²) in [7, 11) is 1.49. The van der Waals surface area contributed by atoms with E-state index >= 15 is 0 Å². The Bertz CT molecular complexity index is 419. The number of carbonyl (C=O) groups excluding carboxylic acids is 1. The quantitative estimate of drug-likeness (QED) is 0.887. The molecule has 8 heteroatoms. The molecule has 1 N–H and O–H groups in total. The van der Waals surface area contributed by atoms with E-state index in [-0.39, 0.29) is 24.0 Å². The number of rotatable bonds is 5. The van der Waals surface area contributed by atoms with Gasteiger partial charge in [0.1, 0.15) is 0 Å². The van der Waals surface area contributed by atoms with Gasteiger partial charge in [0.2, 0.25) is 0 Å². The summed E-state index contributed by atoms with van der Waals surface area (Å²) in [6, 6.07) is 2.89. The highest BCUT2D eigenvalue weighted by Gasteiger charge is 2.27. The first-order valence-electron chi connectivity index (χ1n) is 5.73. The summed E-state index contributed by atoms with van der Waals surface area (Å²) in [5, 5.41) is 9.96. The minimum atomic E-state index is -4.21. The Morgan fingerprint density at radius 3 is 2.53 bits per heavy atom. The number of anilines is 1. The summed E-state index contributed by atoms with van der Waals surface area (Å²) >= 11 is 0. The van der Waals surface area contributed by atoms with Crippen molar-refractivity contribution in [2.45, 2.75) is 19.5 Å². The van der Waals surface area contributed by atoms with E-state index in [9.17, 15) is 18.0 Å². The predicted octanol–water partition coefficient (Wildman–Crippen LogP) is 1.61. The molecule has 0 spiro atoms. The van der Waals surface area contributed by atoms with Crippen molar-refractivity contribution in [2.24, 2.45) is 0 Å². The molecule has 1 aromatic heterocycles. The number of carbonyl (C=O) groups is 1. The van der Waals surface area contributed by atoms with E-state index in [0.717, 1.165) is 0 Å². The summed E-state index contributed by atoms with van der Waals surface area (Å²) in [5.41, 5.74) is 0.134. The van der Waals surface area contributed by atoms with Crippen LogP contribution >= 0.6 is 0 Å². The third-order valence-electron chi connectivity index (χ3n) is 2.34. The van der Waals surface area contributed by atoms with Gasteiger partial charge in [-0.1, -0.05) is 0 Å². The van der Waals surface area contributed by atoms with Crippen LogP contribution in [0.25, 0.3) is 0 Å². The fourth-order valence-electron chi connectivity index (χ4n) is 1.31. The maximum absolute atomic E-state index is 12.1. The van der Waals surface area contributed by atoms with E-state index < -0.39 is 12.6 Å². The van der Waals surface area contributed by atoms with Crippen LogP contribution in [0, 0.1) is 0 Å². The molecule has 1 rings (SSSR count). The zero-order chi connectivity index (χ0) is 14.5. The van der Waals surface area contributed by atoms with Gasteiger partial charge in [-0.05, 0) is 19.1 Å². The molecule has 106 valence electrons. The predicted molar refractivity (Wildman–Crippen MR) is 64.0 cm³/mol. The van der Waals surface area contributed by atoms with E-state index in [4.69, 9.17) is 0 Å². The van der Waals surface area contributed by atoms with Crippen molar-refractivity contribution in [3.63, 3.8) is 0 Å². The maximum Gasteiger partial charge on any atom is 0.390 e. The van der Waals surface area contributed by atoms with Gasteiger partial charge in [-0.2, -0.15) is 13.2 Å². The third-order valence-corrected chi connectivity index (χ3v) is 2.34. The van der Waals surface area contributed by atoms with E-state index in [2.05, 4.69) is 15.5 Å². The van der Waals surface area contributed by atoms with Gasteiger partial charge < -0.3 is 10.2 Å². The fraction of sp³-hybridized carbons (Fsp3) is 0.545. The first-order chi connectivity index (χ1) is 8.83. The van der Waals surface area contributed by atoms with Crippen LogP contribution in [0.5, 0.6) is 0 Å². The average molecular weight is 276 g/mol. The van der Waals surface area contributed by atoms with Gasteiger partial charge in [-0.25, -0.2) is 0 Å². The Morgan fingerprint density at radius 1 is 1.37 bits per heavy atom. The zero-order valence-corrected chi connectivity index (χ0v) is 10.7. The minimum absolute atomic E-state index is 0.134. The van der Waals surface area contributed by atoms with Crippen LogP contribution in [-0.2, 0) is 0 Å². The van der Waals surface area contributed by atoms with E-state index in [0.29, 0.717) is 6.54 Å². The molecular weight excluding hydrogens is 261 g/mol. The number of halogens is 3. The number of hydrogen-bond donors (Lipinski definition) is 1. The van der Waals surface area contributed by atoms with Gasteiger partial charge in [0.05, 0.1) is 6.42 Å². The number of aromatic nitrogens is 2.